The van der Waals surface area contributed by atoms with Gasteiger partial charge in [0.25, 0.3) is 0 Å². The minimum Gasteiger partial charge on any atom is -0.393 e. The zero-order valence-corrected chi connectivity index (χ0v) is 10.7. The van der Waals surface area contributed by atoms with E-state index in [1.807, 2.05) is 0 Å². The lowest BCUT2D eigenvalue weighted by atomic mass is 9.71. The molecule has 0 aromatic heterocycles. The van der Waals surface area contributed by atoms with Gasteiger partial charge in [0.2, 0.25) is 6.43 Å². The highest BCUT2D eigenvalue weighted by Crippen LogP contribution is 2.41. The van der Waals surface area contributed by atoms with Gasteiger partial charge in [-0.25, -0.2) is 8.78 Å². The molecule has 1 saturated carbocycles. The van der Waals surface area contributed by atoms with Crippen LogP contribution in [0, 0.1) is 11.3 Å². The van der Waals surface area contributed by atoms with E-state index < -0.39 is 12.3 Å². The Kier molecular flexibility index (Phi) is 3.74. The Bertz CT molecular complexity index is 270. The van der Waals surface area contributed by atoms with Crippen molar-refractivity contribution in [2.45, 2.75) is 58.1 Å². The SMILES string of the molecule is CC1(C)CCC(O)CC1N1CCC(C(F)F)C1. The fourth-order valence-electron chi connectivity index (χ4n) is 3.35. The molecule has 0 radical (unpaired) electrons. The molecule has 0 bridgehead atoms. The van der Waals surface area contributed by atoms with Gasteiger partial charge in [-0.1, -0.05) is 13.8 Å². The summed E-state index contributed by atoms with van der Waals surface area (Å²) in [5.74, 6) is -0.468. The third-order valence-corrected chi connectivity index (χ3v) is 4.57. The van der Waals surface area contributed by atoms with Crippen LogP contribution in [0.15, 0.2) is 0 Å². The first-order valence-corrected chi connectivity index (χ1v) is 6.60. The van der Waals surface area contributed by atoms with Gasteiger partial charge in [-0.05, 0) is 37.6 Å². The molecule has 4 heteroatoms. The molecule has 0 amide bonds. The van der Waals surface area contributed by atoms with Crippen molar-refractivity contribution in [1.82, 2.24) is 4.90 Å². The second-order valence-corrected chi connectivity index (χ2v) is 6.31. The van der Waals surface area contributed by atoms with Crippen molar-refractivity contribution in [3.63, 3.8) is 0 Å². The monoisotopic (exact) mass is 247 g/mol. The molecule has 1 heterocycles. The van der Waals surface area contributed by atoms with Gasteiger partial charge in [-0.15, -0.1) is 0 Å². The molecule has 0 aromatic carbocycles. The highest BCUT2D eigenvalue weighted by molar-refractivity contribution is 4.95. The number of aliphatic hydroxyl groups is 1. The van der Waals surface area contributed by atoms with Crippen molar-refractivity contribution in [3.05, 3.63) is 0 Å². The summed E-state index contributed by atoms with van der Waals surface area (Å²) in [5, 5.41) is 9.77. The van der Waals surface area contributed by atoms with Gasteiger partial charge >= 0.3 is 0 Å². The minimum absolute atomic E-state index is 0.135. The van der Waals surface area contributed by atoms with Gasteiger partial charge in [0.05, 0.1) is 6.10 Å². The summed E-state index contributed by atoms with van der Waals surface area (Å²) >= 11 is 0. The number of alkyl halides is 2. The van der Waals surface area contributed by atoms with Crippen LogP contribution in [0.25, 0.3) is 0 Å². The van der Waals surface area contributed by atoms with Crippen molar-refractivity contribution < 1.29 is 13.9 Å². The molecule has 1 saturated heterocycles. The average molecular weight is 247 g/mol. The van der Waals surface area contributed by atoms with E-state index in [9.17, 15) is 13.9 Å². The average Bonchev–Trinajstić information content (AvgIpc) is 2.70. The molecule has 2 fully saturated rings. The van der Waals surface area contributed by atoms with E-state index in [2.05, 4.69) is 18.7 Å². The lowest BCUT2D eigenvalue weighted by Gasteiger charge is -2.45. The van der Waals surface area contributed by atoms with E-state index in [4.69, 9.17) is 0 Å². The van der Waals surface area contributed by atoms with Gasteiger partial charge in [-0.3, -0.25) is 4.90 Å². The van der Waals surface area contributed by atoms with Crippen LogP contribution >= 0.6 is 0 Å². The molecule has 1 aliphatic carbocycles. The molecule has 0 aromatic rings. The first kappa shape index (κ1) is 13.2. The van der Waals surface area contributed by atoms with Crippen LogP contribution in [0.3, 0.4) is 0 Å². The fraction of sp³-hybridized carbons (Fsp3) is 1.00. The number of halogens is 2. The predicted molar refractivity (Wildman–Crippen MR) is 63.1 cm³/mol. The summed E-state index contributed by atoms with van der Waals surface area (Å²) in [6.45, 7) is 5.65. The van der Waals surface area contributed by atoms with Crippen LogP contribution in [-0.2, 0) is 0 Å². The Morgan fingerprint density at radius 3 is 2.59 bits per heavy atom. The number of nitrogens with zero attached hydrogens (tertiary/aromatic N) is 1. The lowest BCUT2D eigenvalue weighted by molar-refractivity contribution is -0.00825. The molecule has 1 N–H and O–H groups in total. The van der Waals surface area contributed by atoms with Crippen LogP contribution in [-0.4, -0.2) is 41.7 Å². The van der Waals surface area contributed by atoms with Gasteiger partial charge in [0.1, 0.15) is 0 Å². The summed E-state index contributed by atoms with van der Waals surface area (Å²) in [5.41, 5.74) is 0.135. The van der Waals surface area contributed by atoms with Crippen molar-refractivity contribution in [1.29, 1.82) is 0 Å². The van der Waals surface area contributed by atoms with Gasteiger partial charge in [0, 0.05) is 18.5 Å². The molecular weight excluding hydrogens is 224 g/mol. The standard InChI is InChI=1S/C13H23F2NO/c1-13(2)5-3-10(17)7-11(13)16-6-4-9(8-16)12(14)15/h9-12,17H,3-8H2,1-2H3. The highest BCUT2D eigenvalue weighted by Gasteiger charge is 2.42. The number of aliphatic hydroxyl groups excluding tert-OH is 1. The molecule has 100 valence electrons. The first-order valence-electron chi connectivity index (χ1n) is 6.60. The molecule has 17 heavy (non-hydrogen) atoms. The maximum atomic E-state index is 12.7. The molecule has 3 unspecified atom stereocenters. The topological polar surface area (TPSA) is 23.5 Å². The van der Waals surface area contributed by atoms with E-state index in [0.29, 0.717) is 13.0 Å². The van der Waals surface area contributed by atoms with Crippen LogP contribution < -0.4 is 0 Å². The van der Waals surface area contributed by atoms with Crippen molar-refractivity contribution in [2.24, 2.45) is 11.3 Å². The van der Waals surface area contributed by atoms with Gasteiger partial charge < -0.3 is 5.11 Å². The molecular formula is C13H23F2NO. The summed E-state index contributed by atoms with van der Waals surface area (Å²) in [6, 6.07) is 0.259. The Morgan fingerprint density at radius 2 is 2.00 bits per heavy atom. The summed E-state index contributed by atoms with van der Waals surface area (Å²) in [4.78, 5) is 2.18. The normalized spacial score (nSPS) is 38.8. The van der Waals surface area contributed by atoms with Crippen molar-refractivity contribution >= 4 is 0 Å². The van der Waals surface area contributed by atoms with Gasteiger partial charge in [-0.2, -0.15) is 0 Å². The van der Waals surface area contributed by atoms with Gasteiger partial charge in [0.15, 0.2) is 0 Å². The van der Waals surface area contributed by atoms with Crippen molar-refractivity contribution in [2.75, 3.05) is 13.1 Å². The first-order chi connectivity index (χ1) is 7.90. The van der Waals surface area contributed by atoms with Crippen LogP contribution in [0.5, 0.6) is 0 Å². The number of hydrogen-bond acceptors (Lipinski definition) is 2. The second kappa shape index (κ2) is 4.81. The highest BCUT2D eigenvalue weighted by atomic mass is 19.3. The smallest absolute Gasteiger partial charge is 0.242 e. The molecule has 2 nitrogen and oxygen atoms in total. The maximum Gasteiger partial charge on any atom is 0.242 e. The summed E-state index contributed by atoms with van der Waals surface area (Å²) in [7, 11) is 0. The lowest BCUT2D eigenvalue weighted by Crippen LogP contribution is -2.49. The molecule has 1 aliphatic heterocycles. The molecule has 0 spiro atoms. The van der Waals surface area contributed by atoms with E-state index >= 15 is 0 Å². The van der Waals surface area contributed by atoms with Crippen molar-refractivity contribution in [3.8, 4) is 0 Å². The minimum atomic E-state index is -2.20. The van der Waals surface area contributed by atoms with E-state index in [1.165, 1.54) is 0 Å². The fourth-order valence-corrected chi connectivity index (χ4v) is 3.35. The van der Waals surface area contributed by atoms with Crippen LogP contribution in [0.4, 0.5) is 8.78 Å². The Morgan fingerprint density at radius 1 is 1.29 bits per heavy atom. The van der Waals surface area contributed by atoms with Crippen LogP contribution in [0.2, 0.25) is 0 Å². The molecule has 2 aliphatic rings. The van der Waals surface area contributed by atoms with E-state index in [-0.39, 0.29) is 17.6 Å². The number of hydrogen-bond donors (Lipinski definition) is 1. The zero-order chi connectivity index (χ0) is 12.6. The molecule has 2 rings (SSSR count). The Balaban J connectivity index is 2.01. The van der Waals surface area contributed by atoms with E-state index in [1.54, 1.807) is 0 Å². The largest absolute Gasteiger partial charge is 0.393 e. The predicted octanol–water partition coefficient (Wildman–Crippen LogP) is 2.51. The quantitative estimate of drug-likeness (QED) is 0.810. The van der Waals surface area contributed by atoms with E-state index in [0.717, 1.165) is 25.8 Å². The summed E-state index contributed by atoms with van der Waals surface area (Å²) < 4.78 is 25.3. The number of likely N-dealkylation sites (tertiary alicyclic amines) is 1. The third kappa shape index (κ3) is 2.79. The molecule has 3 atom stereocenters. The maximum absolute atomic E-state index is 12.7. The Labute approximate surface area is 102 Å². The number of rotatable bonds is 2. The Hall–Kier alpha value is -0.220. The summed E-state index contributed by atoms with van der Waals surface area (Å²) in [6.07, 6.45) is 0.711. The van der Waals surface area contributed by atoms with Crippen LogP contribution in [0.1, 0.15) is 39.5 Å². The third-order valence-electron chi connectivity index (χ3n) is 4.57. The zero-order valence-electron chi connectivity index (χ0n) is 10.7. The second-order valence-electron chi connectivity index (χ2n) is 6.31.